The number of benzene rings is 1. The van der Waals surface area contributed by atoms with Gasteiger partial charge in [0.15, 0.2) is 0 Å². The molecule has 0 amide bonds. The first-order chi connectivity index (χ1) is 7.29. The molecule has 0 saturated heterocycles. The average molecular weight is 404 g/mol. The van der Waals surface area contributed by atoms with Gasteiger partial charge in [0, 0.05) is 39.3 Å². The van der Waals surface area contributed by atoms with Gasteiger partial charge in [-0.25, -0.2) is 0 Å². The maximum Gasteiger partial charge on any atom is 0.0479 e. The van der Waals surface area contributed by atoms with Crippen molar-refractivity contribution >= 4 is 10.9 Å². The topological polar surface area (TPSA) is 4.93 Å². The molecule has 0 bridgehead atoms. The summed E-state index contributed by atoms with van der Waals surface area (Å²) in [5.74, 6) is 0. The van der Waals surface area contributed by atoms with Crippen molar-refractivity contribution in [1.29, 1.82) is 0 Å². The van der Waals surface area contributed by atoms with Gasteiger partial charge in [0.25, 0.3) is 0 Å². The van der Waals surface area contributed by atoms with Crippen molar-refractivity contribution in [2.75, 3.05) is 0 Å². The van der Waals surface area contributed by atoms with Crippen LogP contribution < -0.4 is 0 Å². The summed E-state index contributed by atoms with van der Waals surface area (Å²) in [7, 11) is 2.09. The molecule has 1 aromatic heterocycles. The molecule has 0 fully saturated rings. The molecular weight excluding hydrogens is 378 g/mol. The van der Waals surface area contributed by atoms with E-state index in [2.05, 4.69) is 48.9 Å². The van der Waals surface area contributed by atoms with Crippen molar-refractivity contribution in [1.82, 2.24) is 4.57 Å². The van der Waals surface area contributed by atoms with E-state index < -0.39 is 0 Å². The molecule has 0 aliphatic carbocycles. The summed E-state index contributed by atoms with van der Waals surface area (Å²) in [6, 6.07) is 10.6. The average Bonchev–Trinajstić information content (AvgIpc) is 2.61. The molecule has 0 unspecified atom stereocenters. The summed E-state index contributed by atoms with van der Waals surface area (Å²) < 4.78 is 2.20. The fourth-order valence-corrected chi connectivity index (χ4v) is 1.43. The summed E-state index contributed by atoms with van der Waals surface area (Å²) in [5.41, 5.74) is 2.62. The standard InChI is InChI=1S/C10H11N.2C2H6.CH3.W/c1-8-7-9-5-3-4-6-10(9)11(8)2;2*1-2;;/h3-7H,1-2H3;2*1-2H3;1H3;/q;;;-1;. The van der Waals surface area contributed by atoms with Gasteiger partial charge in [-0.15, -0.1) is 0 Å². The maximum atomic E-state index is 2.20. The molecule has 2 heteroatoms. The van der Waals surface area contributed by atoms with Crippen LogP contribution in [0.3, 0.4) is 0 Å². The molecule has 1 aromatic carbocycles. The number of nitrogens with zero attached hydrogens (tertiary/aromatic N) is 1. The van der Waals surface area contributed by atoms with E-state index in [1.54, 1.807) is 0 Å². The SMILES string of the molecule is CC.CC.Cc1cc2ccccc2n1C.[CH3-].[W]. The second-order valence-electron chi connectivity index (χ2n) is 2.90. The first kappa shape index (κ1) is 21.7. The predicted octanol–water partition coefficient (Wildman–Crippen LogP) is 4.99. The fraction of sp³-hybridized carbons (Fsp3) is 0.400. The third-order valence-electron chi connectivity index (χ3n) is 2.19. The van der Waals surface area contributed by atoms with Crippen molar-refractivity contribution in [3.8, 4) is 0 Å². The van der Waals surface area contributed by atoms with Crippen LogP contribution in [0.4, 0.5) is 0 Å². The Labute approximate surface area is 121 Å². The molecule has 0 aliphatic heterocycles. The van der Waals surface area contributed by atoms with E-state index in [1.807, 2.05) is 27.7 Å². The minimum atomic E-state index is 0. The van der Waals surface area contributed by atoms with E-state index >= 15 is 0 Å². The number of para-hydroxylation sites is 1. The maximum absolute atomic E-state index is 2.20. The third kappa shape index (κ3) is 5.54. The molecule has 1 nitrogen and oxygen atoms in total. The van der Waals surface area contributed by atoms with Gasteiger partial charge in [-0.05, 0) is 24.4 Å². The Balaban J connectivity index is -0.000000299. The van der Waals surface area contributed by atoms with Gasteiger partial charge < -0.3 is 12.0 Å². The van der Waals surface area contributed by atoms with E-state index in [1.165, 1.54) is 16.6 Å². The molecule has 0 radical (unpaired) electrons. The van der Waals surface area contributed by atoms with E-state index in [9.17, 15) is 0 Å². The first-order valence-electron chi connectivity index (χ1n) is 5.80. The minimum Gasteiger partial charge on any atom is -0.358 e. The molecule has 2 rings (SSSR count). The quantitative estimate of drug-likeness (QED) is 0.546. The molecule has 0 aliphatic rings. The first-order valence-corrected chi connectivity index (χ1v) is 5.80. The van der Waals surface area contributed by atoms with Crippen LogP contribution in [-0.2, 0) is 28.1 Å². The molecule has 1 heterocycles. The number of hydrogen-bond donors (Lipinski definition) is 0. The summed E-state index contributed by atoms with van der Waals surface area (Å²) >= 11 is 0. The van der Waals surface area contributed by atoms with Gasteiger partial charge in [0.05, 0.1) is 0 Å². The van der Waals surface area contributed by atoms with E-state index in [4.69, 9.17) is 0 Å². The summed E-state index contributed by atoms with van der Waals surface area (Å²) in [6.07, 6.45) is 0. The molecule has 2 aromatic rings. The number of aromatic nitrogens is 1. The molecule has 17 heavy (non-hydrogen) atoms. The van der Waals surface area contributed by atoms with Crippen LogP contribution in [-0.4, -0.2) is 4.57 Å². The van der Waals surface area contributed by atoms with Crippen molar-refractivity contribution in [2.24, 2.45) is 7.05 Å². The molecule has 98 valence electrons. The van der Waals surface area contributed by atoms with Crippen molar-refractivity contribution in [3.05, 3.63) is 43.5 Å². The van der Waals surface area contributed by atoms with Crippen LogP contribution in [0.1, 0.15) is 33.4 Å². The van der Waals surface area contributed by atoms with Gasteiger partial charge in [0.1, 0.15) is 0 Å². The summed E-state index contributed by atoms with van der Waals surface area (Å²) in [4.78, 5) is 0. The van der Waals surface area contributed by atoms with E-state index in [0.29, 0.717) is 0 Å². The zero-order chi connectivity index (χ0) is 11.8. The number of fused-ring (bicyclic) bond motifs is 1. The van der Waals surface area contributed by atoms with Crippen molar-refractivity contribution in [3.63, 3.8) is 0 Å². The molecule has 0 N–H and O–H groups in total. The van der Waals surface area contributed by atoms with E-state index in [0.717, 1.165) is 0 Å². The Bertz CT molecular complexity index is 391. The minimum absolute atomic E-state index is 0. The smallest absolute Gasteiger partial charge is 0.0479 e. The molecule has 0 saturated carbocycles. The zero-order valence-electron chi connectivity index (χ0n) is 12.2. The second kappa shape index (κ2) is 11.9. The molecule has 0 atom stereocenters. The fourth-order valence-electron chi connectivity index (χ4n) is 1.43. The Hall–Kier alpha value is -0.552. The van der Waals surface area contributed by atoms with Crippen molar-refractivity contribution in [2.45, 2.75) is 34.6 Å². The monoisotopic (exact) mass is 404 g/mol. The normalized spacial score (nSPS) is 7.65. The summed E-state index contributed by atoms with van der Waals surface area (Å²) in [5, 5.41) is 1.33. The van der Waals surface area contributed by atoms with Crippen molar-refractivity contribution < 1.29 is 21.1 Å². The Morgan fingerprint density at radius 3 is 1.88 bits per heavy atom. The van der Waals surface area contributed by atoms with Gasteiger partial charge in [0.2, 0.25) is 0 Å². The molecular formula is C15H26NW-. The van der Waals surface area contributed by atoms with Gasteiger partial charge in [-0.1, -0.05) is 45.9 Å². The van der Waals surface area contributed by atoms with Gasteiger partial charge >= 0.3 is 0 Å². The van der Waals surface area contributed by atoms with Gasteiger partial charge in [-0.3, -0.25) is 0 Å². The zero-order valence-corrected chi connectivity index (χ0v) is 15.2. The van der Waals surface area contributed by atoms with Crippen LogP contribution >= 0.6 is 0 Å². The number of rotatable bonds is 0. The van der Waals surface area contributed by atoms with Crippen LogP contribution in [0.25, 0.3) is 10.9 Å². The molecule has 0 spiro atoms. The van der Waals surface area contributed by atoms with Crippen LogP contribution in [0, 0.1) is 14.4 Å². The van der Waals surface area contributed by atoms with Gasteiger partial charge in [-0.2, -0.15) is 0 Å². The Morgan fingerprint density at radius 1 is 0.941 bits per heavy atom. The number of aryl methyl sites for hydroxylation is 2. The summed E-state index contributed by atoms with van der Waals surface area (Å²) in [6.45, 7) is 10.1. The van der Waals surface area contributed by atoms with Crippen LogP contribution in [0.5, 0.6) is 0 Å². The Kier molecular flexibility index (Phi) is 15.2. The second-order valence-corrected chi connectivity index (χ2v) is 2.90. The van der Waals surface area contributed by atoms with E-state index in [-0.39, 0.29) is 28.5 Å². The Morgan fingerprint density at radius 2 is 1.41 bits per heavy atom. The predicted molar refractivity (Wildman–Crippen MR) is 76.8 cm³/mol. The largest absolute Gasteiger partial charge is 0.358 e. The number of hydrogen-bond acceptors (Lipinski definition) is 0. The van der Waals surface area contributed by atoms with Crippen LogP contribution in [0.15, 0.2) is 30.3 Å². The third-order valence-corrected chi connectivity index (χ3v) is 2.19. The van der Waals surface area contributed by atoms with Crippen LogP contribution in [0.2, 0.25) is 0 Å².